The van der Waals surface area contributed by atoms with E-state index in [1.165, 1.54) is 32.1 Å². The van der Waals surface area contributed by atoms with Gasteiger partial charge in [-0.25, -0.2) is 0 Å². The van der Waals surface area contributed by atoms with Crippen LogP contribution in [0.5, 0.6) is 0 Å². The summed E-state index contributed by atoms with van der Waals surface area (Å²) in [5, 5.41) is 0. The van der Waals surface area contributed by atoms with Gasteiger partial charge in [0.2, 0.25) is 0 Å². The number of fused-ring (bicyclic) bond motifs is 1. The quantitative estimate of drug-likeness (QED) is 0.562. The molecule has 0 aliphatic heterocycles. The molecule has 0 saturated heterocycles. The van der Waals surface area contributed by atoms with E-state index in [9.17, 15) is 0 Å². The van der Waals surface area contributed by atoms with Crippen LogP contribution in [0.2, 0.25) is 0 Å². The van der Waals surface area contributed by atoms with E-state index in [-0.39, 0.29) is 0 Å². The molecule has 0 bridgehead atoms. The third-order valence-electron chi connectivity index (χ3n) is 4.64. The Morgan fingerprint density at radius 3 is 2.89 bits per heavy atom. The second-order valence-electron chi connectivity index (χ2n) is 6.02. The smallest absolute Gasteiger partial charge is 0.146 e. The van der Waals surface area contributed by atoms with Gasteiger partial charge in [0.15, 0.2) is 0 Å². The maximum atomic E-state index is 5.69. The zero-order valence-electron chi connectivity index (χ0n) is 12.1. The summed E-state index contributed by atoms with van der Waals surface area (Å²) in [6.45, 7) is 3.52. The average Bonchev–Trinajstić information content (AvgIpc) is 2.73. The standard InChI is InChI=1S/C17H24O2/c1-12-7-8-15-13-5-3-4-6-14(13)17(16(15)9-12)10-19-11-18-2/h7-8,12,17H,3-6,9-11H2,1-2H3/t12-,17?/m1/s1. The molecule has 0 aromatic heterocycles. The number of ether oxygens (including phenoxy) is 2. The second kappa shape index (κ2) is 5.64. The summed E-state index contributed by atoms with van der Waals surface area (Å²) in [5.74, 6) is 1.21. The Kier molecular flexibility index (Phi) is 3.90. The fourth-order valence-electron chi connectivity index (χ4n) is 3.80. The Morgan fingerprint density at radius 1 is 1.21 bits per heavy atom. The van der Waals surface area contributed by atoms with Crippen molar-refractivity contribution >= 4 is 0 Å². The van der Waals surface area contributed by atoms with E-state index in [2.05, 4.69) is 19.1 Å². The summed E-state index contributed by atoms with van der Waals surface area (Å²) in [6.07, 6.45) is 11.2. The van der Waals surface area contributed by atoms with Gasteiger partial charge >= 0.3 is 0 Å². The Balaban J connectivity index is 1.85. The van der Waals surface area contributed by atoms with Gasteiger partial charge in [-0.15, -0.1) is 0 Å². The Hall–Kier alpha value is -0.860. The molecule has 0 saturated carbocycles. The van der Waals surface area contributed by atoms with Crippen LogP contribution in [0.3, 0.4) is 0 Å². The number of hydrogen-bond acceptors (Lipinski definition) is 2. The van der Waals surface area contributed by atoms with Crippen molar-refractivity contribution < 1.29 is 9.47 Å². The first kappa shape index (κ1) is 13.1. The van der Waals surface area contributed by atoms with Crippen LogP contribution in [0.4, 0.5) is 0 Å². The molecule has 0 fully saturated rings. The van der Waals surface area contributed by atoms with Gasteiger partial charge in [-0.05, 0) is 49.2 Å². The van der Waals surface area contributed by atoms with E-state index in [4.69, 9.17) is 9.47 Å². The molecule has 2 heteroatoms. The van der Waals surface area contributed by atoms with Crippen molar-refractivity contribution in [1.82, 2.24) is 0 Å². The minimum absolute atomic E-state index is 0.410. The molecule has 3 rings (SSSR count). The lowest BCUT2D eigenvalue weighted by Gasteiger charge is -2.23. The first-order chi connectivity index (χ1) is 9.31. The number of rotatable bonds is 4. The van der Waals surface area contributed by atoms with Crippen molar-refractivity contribution in [2.45, 2.75) is 39.0 Å². The number of hydrogen-bond donors (Lipinski definition) is 0. The van der Waals surface area contributed by atoms with E-state index in [0.29, 0.717) is 18.6 Å². The van der Waals surface area contributed by atoms with Gasteiger partial charge in [-0.2, -0.15) is 0 Å². The molecule has 1 unspecified atom stereocenters. The van der Waals surface area contributed by atoms with Crippen LogP contribution in [0.15, 0.2) is 34.4 Å². The first-order valence-corrected chi connectivity index (χ1v) is 7.51. The van der Waals surface area contributed by atoms with Gasteiger partial charge < -0.3 is 9.47 Å². The van der Waals surface area contributed by atoms with E-state index >= 15 is 0 Å². The highest BCUT2D eigenvalue weighted by atomic mass is 16.7. The zero-order valence-corrected chi connectivity index (χ0v) is 12.1. The average molecular weight is 260 g/mol. The molecule has 3 aliphatic carbocycles. The predicted molar refractivity (Wildman–Crippen MR) is 76.8 cm³/mol. The molecule has 0 aromatic carbocycles. The summed E-state index contributed by atoms with van der Waals surface area (Å²) >= 11 is 0. The monoisotopic (exact) mass is 260 g/mol. The van der Waals surface area contributed by atoms with Gasteiger partial charge in [0.25, 0.3) is 0 Å². The molecule has 0 spiro atoms. The van der Waals surface area contributed by atoms with E-state index in [0.717, 1.165) is 6.61 Å². The molecule has 0 amide bonds. The minimum atomic E-state index is 0.410. The van der Waals surface area contributed by atoms with E-state index < -0.39 is 0 Å². The predicted octanol–water partition coefficient (Wildman–Crippen LogP) is 4.00. The molecule has 0 heterocycles. The largest absolute Gasteiger partial charge is 0.359 e. The van der Waals surface area contributed by atoms with E-state index in [1.807, 2.05) is 0 Å². The Bertz CT molecular complexity index is 442. The topological polar surface area (TPSA) is 18.5 Å². The maximum Gasteiger partial charge on any atom is 0.146 e. The first-order valence-electron chi connectivity index (χ1n) is 7.51. The van der Waals surface area contributed by atoms with Crippen LogP contribution in [0.1, 0.15) is 39.0 Å². The van der Waals surface area contributed by atoms with Gasteiger partial charge in [0.05, 0.1) is 6.61 Å². The van der Waals surface area contributed by atoms with Crippen LogP contribution in [0.25, 0.3) is 0 Å². The van der Waals surface area contributed by atoms with E-state index in [1.54, 1.807) is 29.4 Å². The molecule has 0 radical (unpaired) electrons. The molecule has 2 atom stereocenters. The van der Waals surface area contributed by atoms with Gasteiger partial charge in [-0.1, -0.05) is 30.2 Å². The minimum Gasteiger partial charge on any atom is -0.359 e. The molecule has 104 valence electrons. The second-order valence-corrected chi connectivity index (χ2v) is 6.02. The summed E-state index contributed by atoms with van der Waals surface area (Å²) in [6, 6.07) is 0. The number of methoxy groups -OCH3 is 1. The highest BCUT2D eigenvalue weighted by molar-refractivity contribution is 5.57. The fourth-order valence-corrected chi connectivity index (χ4v) is 3.80. The molecule has 2 nitrogen and oxygen atoms in total. The summed E-state index contributed by atoms with van der Waals surface area (Å²) in [5.41, 5.74) is 6.51. The highest BCUT2D eigenvalue weighted by Crippen LogP contribution is 2.48. The molecular weight excluding hydrogens is 236 g/mol. The summed E-state index contributed by atoms with van der Waals surface area (Å²) < 4.78 is 10.7. The SMILES string of the molecule is COCOCC1C2=C(C=C[C@@H](C)C2)C2=C1CCCC2. The normalized spacial score (nSPS) is 29.8. The zero-order chi connectivity index (χ0) is 13.2. The molecule has 0 N–H and O–H groups in total. The highest BCUT2D eigenvalue weighted by Gasteiger charge is 2.35. The third-order valence-corrected chi connectivity index (χ3v) is 4.64. The third kappa shape index (κ3) is 2.44. The number of allylic oxidation sites excluding steroid dienone is 4. The van der Waals surface area contributed by atoms with Crippen LogP contribution in [-0.2, 0) is 9.47 Å². The summed E-state index contributed by atoms with van der Waals surface area (Å²) in [4.78, 5) is 0. The lowest BCUT2D eigenvalue weighted by atomic mass is 9.85. The van der Waals surface area contributed by atoms with Gasteiger partial charge in [0, 0.05) is 13.0 Å². The molecular formula is C17H24O2. The van der Waals surface area contributed by atoms with Gasteiger partial charge in [0.1, 0.15) is 6.79 Å². The Labute approximate surface area is 116 Å². The summed E-state index contributed by atoms with van der Waals surface area (Å²) in [7, 11) is 1.69. The van der Waals surface area contributed by atoms with Crippen LogP contribution in [0, 0.1) is 11.8 Å². The molecule has 0 aromatic rings. The lowest BCUT2D eigenvalue weighted by molar-refractivity contribution is -0.0369. The van der Waals surface area contributed by atoms with Crippen molar-refractivity contribution in [2.75, 3.05) is 20.5 Å². The van der Waals surface area contributed by atoms with Crippen LogP contribution >= 0.6 is 0 Å². The van der Waals surface area contributed by atoms with Crippen molar-refractivity contribution in [2.24, 2.45) is 11.8 Å². The van der Waals surface area contributed by atoms with Crippen molar-refractivity contribution in [3.8, 4) is 0 Å². The molecule has 19 heavy (non-hydrogen) atoms. The van der Waals surface area contributed by atoms with Crippen LogP contribution in [-0.4, -0.2) is 20.5 Å². The Morgan fingerprint density at radius 2 is 2.05 bits per heavy atom. The maximum absolute atomic E-state index is 5.69. The van der Waals surface area contributed by atoms with Gasteiger partial charge in [-0.3, -0.25) is 0 Å². The lowest BCUT2D eigenvalue weighted by Crippen LogP contribution is -2.17. The molecule has 3 aliphatic rings. The van der Waals surface area contributed by atoms with Crippen LogP contribution < -0.4 is 0 Å². The van der Waals surface area contributed by atoms with Crippen molar-refractivity contribution in [3.05, 3.63) is 34.4 Å². The van der Waals surface area contributed by atoms with Crippen molar-refractivity contribution in [1.29, 1.82) is 0 Å². The van der Waals surface area contributed by atoms with Crippen molar-refractivity contribution in [3.63, 3.8) is 0 Å². The fraction of sp³-hybridized carbons (Fsp3) is 0.647.